The molecule has 200 valence electrons. The minimum atomic E-state index is -1.08. The molecule has 1 aromatic heterocycles. The molecule has 40 heavy (non-hydrogen) atoms. The second kappa shape index (κ2) is 9.96. The van der Waals surface area contributed by atoms with Crippen LogP contribution in [0.4, 0.5) is 0 Å². The van der Waals surface area contributed by atoms with E-state index in [1.54, 1.807) is 47.5 Å². The van der Waals surface area contributed by atoms with Crippen molar-refractivity contribution in [2.75, 3.05) is 13.1 Å². The molecule has 3 aromatic carbocycles. The summed E-state index contributed by atoms with van der Waals surface area (Å²) in [5.74, 6) is -1.58. The first-order chi connectivity index (χ1) is 19.3. The molecule has 2 N–H and O–H groups in total. The molecule has 4 aromatic rings. The lowest BCUT2D eigenvalue weighted by molar-refractivity contribution is -0.131. The minimum Gasteiger partial charge on any atom is -0.369 e. The van der Waals surface area contributed by atoms with E-state index in [1.165, 1.54) is 11.5 Å². The Labute approximate surface area is 231 Å². The van der Waals surface area contributed by atoms with Gasteiger partial charge in [-0.25, -0.2) is 0 Å². The maximum Gasteiger partial charge on any atom is 0.251 e. The number of aryl methyl sites for hydroxylation is 1. The Morgan fingerprint density at radius 3 is 2.33 bits per heavy atom. The fraction of sp³-hybridized carbons (Fsp3) is 0.188. The Kier molecular flexibility index (Phi) is 6.30. The first-order valence-electron chi connectivity index (χ1n) is 13.2. The highest BCUT2D eigenvalue weighted by Gasteiger charge is 2.48. The number of nitrogens with one attached hydrogen (secondary N) is 2. The molecule has 6 rings (SSSR count). The molecule has 0 bridgehead atoms. The Hall–Kier alpha value is -4.98. The Morgan fingerprint density at radius 2 is 1.60 bits per heavy atom. The summed E-state index contributed by atoms with van der Waals surface area (Å²) in [6, 6.07) is 22.3. The zero-order chi connectivity index (χ0) is 28.0. The monoisotopic (exact) mass is 532 g/mol. The topological polar surface area (TPSA) is 101 Å². The quantitative estimate of drug-likeness (QED) is 0.378. The molecular weight excluding hydrogens is 504 g/mol. The fourth-order valence-corrected chi connectivity index (χ4v) is 5.70. The van der Waals surface area contributed by atoms with E-state index >= 15 is 0 Å². The summed E-state index contributed by atoms with van der Waals surface area (Å²) in [4.78, 5) is 56.0. The SMILES string of the molecule is CC(=O)n1cc(C2C(C(=O)c3ccc(C)cc3)=C3NCCN3C(=O)C2NC(=O)c2ccccc2)c2ccccc21. The Bertz CT molecular complexity index is 1700. The molecule has 0 aliphatic carbocycles. The van der Waals surface area contributed by atoms with Crippen LogP contribution in [0.5, 0.6) is 0 Å². The molecule has 8 nitrogen and oxygen atoms in total. The number of rotatable bonds is 5. The van der Waals surface area contributed by atoms with Crippen LogP contribution in [0.25, 0.3) is 10.9 Å². The third-order valence-corrected chi connectivity index (χ3v) is 7.63. The maximum atomic E-state index is 14.3. The largest absolute Gasteiger partial charge is 0.369 e. The van der Waals surface area contributed by atoms with E-state index in [1.807, 2.05) is 49.4 Å². The highest BCUT2D eigenvalue weighted by Crippen LogP contribution is 2.42. The average Bonchev–Trinajstić information content (AvgIpc) is 3.61. The van der Waals surface area contributed by atoms with Crippen LogP contribution in [0.3, 0.4) is 0 Å². The molecule has 2 aliphatic heterocycles. The number of carbonyl (C=O) groups is 4. The predicted octanol–water partition coefficient (Wildman–Crippen LogP) is 4.03. The number of Topliss-reactive ketones (excluding diaryl/α,β-unsaturated/α-hetero) is 1. The number of carbonyl (C=O) groups excluding carboxylic acids is 4. The summed E-state index contributed by atoms with van der Waals surface area (Å²) in [6.07, 6.45) is 1.69. The molecule has 3 heterocycles. The summed E-state index contributed by atoms with van der Waals surface area (Å²) < 4.78 is 1.53. The second-order valence-electron chi connectivity index (χ2n) is 10.2. The highest BCUT2D eigenvalue weighted by molar-refractivity contribution is 6.13. The number of aromatic nitrogens is 1. The van der Waals surface area contributed by atoms with Gasteiger partial charge >= 0.3 is 0 Å². The number of nitrogens with zero attached hydrogens (tertiary/aromatic N) is 2. The Morgan fingerprint density at radius 1 is 0.900 bits per heavy atom. The van der Waals surface area contributed by atoms with Crippen molar-refractivity contribution in [2.24, 2.45) is 0 Å². The smallest absolute Gasteiger partial charge is 0.251 e. The van der Waals surface area contributed by atoms with E-state index < -0.39 is 17.9 Å². The molecule has 8 heteroatoms. The first-order valence-corrected chi connectivity index (χ1v) is 13.2. The zero-order valence-electron chi connectivity index (χ0n) is 22.2. The van der Waals surface area contributed by atoms with Crippen molar-refractivity contribution in [1.29, 1.82) is 0 Å². The summed E-state index contributed by atoms with van der Waals surface area (Å²) in [5, 5.41) is 6.95. The van der Waals surface area contributed by atoms with Gasteiger partial charge in [0.1, 0.15) is 11.9 Å². The van der Waals surface area contributed by atoms with E-state index in [2.05, 4.69) is 10.6 Å². The molecule has 0 spiro atoms. The third kappa shape index (κ3) is 4.18. The number of ketones is 1. The summed E-state index contributed by atoms with van der Waals surface area (Å²) in [7, 11) is 0. The van der Waals surface area contributed by atoms with Crippen LogP contribution in [0, 0.1) is 6.92 Å². The van der Waals surface area contributed by atoms with E-state index in [4.69, 9.17) is 0 Å². The lowest BCUT2D eigenvalue weighted by Crippen LogP contribution is -2.55. The molecule has 2 atom stereocenters. The van der Waals surface area contributed by atoms with Gasteiger partial charge in [0.25, 0.3) is 11.8 Å². The van der Waals surface area contributed by atoms with Crippen LogP contribution < -0.4 is 10.6 Å². The van der Waals surface area contributed by atoms with Gasteiger partial charge in [0.15, 0.2) is 5.78 Å². The van der Waals surface area contributed by atoms with E-state index in [0.717, 1.165) is 10.9 Å². The summed E-state index contributed by atoms with van der Waals surface area (Å²) in [6.45, 7) is 4.27. The van der Waals surface area contributed by atoms with Crippen LogP contribution in [0.1, 0.15) is 49.5 Å². The van der Waals surface area contributed by atoms with Crippen molar-refractivity contribution in [3.05, 3.63) is 119 Å². The lowest BCUT2D eigenvalue weighted by atomic mass is 9.78. The normalized spacial score (nSPS) is 18.4. The molecule has 1 saturated heterocycles. The van der Waals surface area contributed by atoms with Crippen LogP contribution in [0.2, 0.25) is 0 Å². The van der Waals surface area contributed by atoms with Gasteiger partial charge in [-0.05, 0) is 30.7 Å². The van der Waals surface area contributed by atoms with Gasteiger partial charge in [-0.3, -0.25) is 28.6 Å². The number of benzene rings is 3. The van der Waals surface area contributed by atoms with Crippen molar-refractivity contribution >= 4 is 34.4 Å². The molecule has 1 fully saturated rings. The standard InChI is InChI=1S/C32H28N4O4/c1-19-12-14-21(15-13-19)29(38)27-26(24-18-36(20(2)37)25-11-7-6-10-23(24)25)28(32(40)35-17-16-33-30(27)35)34-31(39)22-8-4-3-5-9-22/h3-15,18,26,28,33H,16-17H2,1-2H3,(H,34,39). The number of fused-ring (bicyclic) bond motifs is 2. The van der Waals surface area contributed by atoms with Crippen LogP contribution in [-0.4, -0.2) is 52.1 Å². The molecule has 2 amide bonds. The second-order valence-corrected chi connectivity index (χ2v) is 10.2. The number of para-hydroxylation sites is 1. The number of hydrogen-bond acceptors (Lipinski definition) is 5. The number of hydrogen-bond donors (Lipinski definition) is 2. The minimum absolute atomic E-state index is 0.200. The molecule has 0 radical (unpaired) electrons. The van der Waals surface area contributed by atoms with Crippen molar-refractivity contribution in [2.45, 2.75) is 25.8 Å². The molecular formula is C32H28N4O4. The van der Waals surface area contributed by atoms with Gasteiger partial charge in [0, 0.05) is 48.6 Å². The van der Waals surface area contributed by atoms with Crippen molar-refractivity contribution < 1.29 is 19.2 Å². The van der Waals surface area contributed by atoms with Gasteiger partial charge in [-0.2, -0.15) is 0 Å². The summed E-state index contributed by atoms with van der Waals surface area (Å²) >= 11 is 0. The van der Waals surface area contributed by atoms with Gasteiger partial charge in [0.2, 0.25) is 5.91 Å². The molecule has 2 aliphatic rings. The lowest BCUT2D eigenvalue weighted by Gasteiger charge is -2.37. The van der Waals surface area contributed by atoms with Gasteiger partial charge in [-0.1, -0.05) is 66.2 Å². The molecule has 2 unspecified atom stereocenters. The van der Waals surface area contributed by atoms with Crippen molar-refractivity contribution in [3.63, 3.8) is 0 Å². The van der Waals surface area contributed by atoms with Gasteiger partial charge < -0.3 is 10.6 Å². The van der Waals surface area contributed by atoms with Crippen LogP contribution in [0.15, 0.2) is 96.5 Å². The third-order valence-electron chi connectivity index (χ3n) is 7.63. The fourth-order valence-electron chi connectivity index (χ4n) is 5.70. The van der Waals surface area contributed by atoms with E-state index in [9.17, 15) is 19.2 Å². The number of amides is 2. The van der Waals surface area contributed by atoms with Crippen LogP contribution >= 0.6 is 0 Å². The average molecular weight is 533 g/mol. The predicted molar refractivity (Wildman–Crippen MR) is 151 cm³/mol. The van der Waals surface area contributed by atoms with Gasteiger partial charge in [-0.15, -0.1) is 0 Å². The Balaban J connectivity index is 1.58. The maximum absolute atomic E-state index is 14.3. The van der Waals surface area contributed by atoms with Crippen molar-refractivity contribution in [1.82, 2.24) is 20.1 Å². The van der Waals surface area contributed by atoms with Crippen molar-refractivity contribution in [3.8, 4) is 0 Å². The van der Waals surface area contributed by atoms with E-state index in [0.29, 0.717) is 46.7 Å². The van der Waals surface area contributed by atoms with Gasteiger partial charge in [0.05, 0.1) is 11.1 Å². The first kappa shape index (κ1) is 25.3. The van der Waals surface area contributed by atoms with Crippen LogP contribution in [-0.2, 0) is 4.79 Å². The van der Waals surface area contributed by atoms with E-state index in [-0.39, 0.29) is 17.6 Å². The summed E-state index contributed by atoms with van der Waals surface area (Å²) in [5.41, 5.74) is 3.56. The highest BCUT2D eigenvalue weighted by atomic mass is 16.2. The molecule has 0 saturated carbocycles. The zero-order valence-corrected chi connectivity index (χ0v) is 22.2.